The van der Waals surface area contributed by atoms with Crippen molar-refractivity contribution in [2.24, 2.45) is 5.92 Å². The number of carbonyl (C=O) groups is 1. The van der Waals surface area contributed by atoms with Crippen LogP contribution in [0.2, 0.25) is 5.02 Å². The Morgan fingerprint density at radius 2 is 2.05 bits per heavy atom. The third kappa shape index (κ3) is 4.70. The maximum atomic E-state index is 10.9. The van der Waals surface area contributed by atoms with Crippen LogP contribution in [0.5, 0.6) is 0 Å². The van der Waals surface area contributed by atoms with Crippen molar-refractivity contribution in [3.05, 3.63) is 34.3 Å². The highest BCUT2D eigenvalue weighted by molar-refractivity contribution is 6.31. The van der Waals surface area contributed by atoms with Gasteiger partial charge in [-0.05, 0) is 63.6 Å². The van der Waals surface area contributed by atoms with Crippen molar-refractivity contribution >= 4 is 17.6 Å². The van der Waals surface area contributed by atoms with Crippen molar-refractivity contribution in [2.45, 2.75) is 19.4 Å². The number of hydrogen-bond acceptors (Lipinski definition) is 3. The van der Waals surface area contributed by atoms with Gasteiger partial charge in [0.15, 0.2) is 0 Å². The van der Waals surface area contributed by atoms with Gasteiger partial charge in [0.1, 0.15) is 0 Å². The van der Waals surface area contributed by atoms with E-state index in [0.29, 0.717) is 5.02 Å². The van der Waals surface area contributed by atoms with Crippen molar-refractivity contribution in [1.82, 2.24) is 9.80 Å². The number of rotatable bonds is 5. The van der Waals surface area contributed by atoms with Crippen LogP contribution in [-0.2, 0) is 6.54 Å². The standard InChI is InChI=1S/C16H23ClN2O2/c1-18(2)10-12-5-7-19(8-6-12)11-14-4-3-13(16(20)21)9-15(14)17/h3-4,9,12H,5-8,10-11H2,1-2H3,(H,20,21). The SMILES string of the molecule is CN(C)CC1CCN(Cc2ccc(C(=O)O)cc2Cl)CC1. The van der Waals surface area contributed by atoms with Gasteiger partial charge in [0.25, 0.3) is 0 Å². The van der Waals surface area contributed by atoms with Crippen LogP contribution in [0.15, 0.2) is 18.2 Å². The Morgan fingerprint density at radius 3 is 2.57 bits per heavy atom. The van der Waals surface area contributed by atoms with E-state index < -0.39 is 5.97 Å². The van der Waals surface area contributed by atoms with E-state index in [4.69, 9.17) is 16.7 Å². The van der Waals surface area contributed by atoms with Crippen molar-refractivity contribution < 1.29 is 9.90 Å². The fourth-order valence-corrected chi connectivity index (χ4v) is 3.13. The number of nitrogens with zero attached hydrogens (tertiary/aromatic N) is 2. The molecule has 1 N–H and O–H groups in total. The maximum Gasteiger partial charge on any atom is 0.335 e. The molecule has 21 heavy (non-hydrogen) atoms. The number of carboxylic acid groups (broad SMARTS) is 1. The van der Waals surface area contributed by atoms with Gasteiger partial charge in [-0.3, -0.25) is 4.90 Å². The molecule has 0 spiro atoms. The Balaban J connectivity index is 1.90. The number of piperidine rings is 1. The zero-order valence-corrected chi connectivity index (χ0v) is 13.4. The molecule has 0 atom stereocenters. The molecule has 0 aliphatic carbocycles. The summed E-state index contributed by atoms with van der Waals surface area (Å²) in [5.41, 5.74) is 1.25. The summed E-state index contributed by atoms with van der Waals surface area (Å²) in [6.07, 6.45) is 2.42. The molecule has 0 saturated carbocycles. The summed E-state index contributed by atoms with van der Waals surface area (Å²) in [5.74, 6) is -0.158. The van der Waals surface area contributed by atoms with Gasteiger partial charge in [0, 0.05) is 18.1 Å². The topological polar surface area (TPSA) is 43.8 Å². The van der Waals surface area contributed by atoms with E-state index >= 15 is 0 Å². The second kappa shape index (κ2) is 7.25. The van der Waals surface area contributed by atoms with Crippen LogP contribution < -0.4 is 0 Å². The minimum Gasteiger partial charge on any atom is -0.478 e. The van der Waals surface area contributed by atoms with Crippen LogP contribution in [0.4, 0.5) is 0 Å². The number of aromatic carboxylic acids is 1. The molecule has 116 valence electrons. The fourth-order valence-electron chi connectivity index (χ4n) is 2.89. The van der Waals surface area contributed by atoms with Crippen LogP contribution in [0.3, 0.4) is 0 Å². The third-order valence-corrected chi connectivity index (χ3v) is 4.38. The molecule has 5 heteroatoms. The Kier molecular flexibility index (Phi) is 5.62. The van der Waals surface area contributed by atoms with Crippen LogP contribution >= 0.6 is 11.6 Å². The lowest BCUT2D eigenvalue weighted by Gasteiger charge is -2.33. The predicted molar refractivity (Wildman–Crippen MR) is 85.0 cm³/mol. The van der Waals surface area contributed by atoms with Crippen LogP contribution in [0, 0.1) is 5.92 Å². The smallest absolute Gasteiger partial charge is 0.335 e. The summed E-state index contributed by atoms with van der Waals surface area (Å²) in [7, 11) is 4.24. The van der Waals surface area contributed by atoms with Gasteiger partial charge in [-0.2, -0.15) is 0 Å². The summed E-state index contributed by atoms with van der Waals surface area (Å²) in [6, 6.07) is 5.00. The van der Waals surface area contributed by atoms with E-state index in [1.165, 1.54) is 18.9 Å². The molecule has 0 aromatic heterocycles. The highest BCUT2D eigenvalue weighted by Gasteiger charge is 2.20. The summed E-state index contributed by atoms with van der Waals surface area (Å²) < 4.78 is 0. The van der Waals surface area contributed by atoms with Gasteiger partial charge in [0.2, 0.25) is 0 Å². The molecule has 2 rings (SSSR count). The Labute approximate surface area is 131 Å². The lowest BCUT2D eigenvalue weighted by molar-refractivity contribution is 0.0697. The Morgan fingerprint density at radius 1 is 1.38 bits per heavy atom. The summed E-state index contributed by atoms with van der Waals surface area (Å²) in [5, 5.41) is 9.50. The second-order valence-electron chi connectivity index (χ2n) is 6.09. The largest absolute Gasteiger partial charge is 0.478 e. The van der Waals surface area contributed by atoms with Crippen LogP contribution in [-0.4, -0.2) is 54.6 Å². The zero-order valence-electron chi connectivity index (χ0n) is 12.7. The first-order valence-corrected chi connectivity index (χ1v) is 7.72. The first-order chi connectivity index (χ1) is 9.95. The fraction of sp³-hybridized carbons (Fsp3) is 0.562. The monoisotopic (exact) mass is 310 g/mol. The van der Waals surface area contributed by atoms with Crippen LogP contribution in [0.1, 0.15) is 28.8 Å². The molecule has 1 aliphatic heterocycles. The van der Waals surface area contributed by atoms with Crippen molar-refractivity contribution in [1.29, 1.82) is 0 Å². The predicted octanol–water partition coefficient (Wildman–Crippen LogP) is 2.81. The maximum absolute atomic E-state index is 10.9. The molecule has 1 saturated heterocycles. The van der Waals surface area contributed by atoms with E-state index in [-0.39, 0.29) is 5.56 Å². The van der Waals surface area contributed by atoms with E-state index in [2.05, 4.69) is 23.9 Å². The summed E-state index contributed by atoms with van der Waals surface area (Å²) in [6.45, 7) is 4.11. The molecule has 0 amide bonds. The normalized spacial score (nSPS) is 17.3. The second-order valence-corrected chi connectivity index (χ2v) is 6.50. The molecule has 1 aliphatic rings. The van der Waals surface area contributed by atoms with Gasteiger partial charge in [-0.15, -0.1) is 0 Å². The number of benzene rings is 1. The van der Waals surface area contributed by atoms with E-state index in [9.17, 15) is 4.79 Å². The molecular formula is C16H23ClN2O2. The van der Waals surface area contributed by atoms with Gasteiger partial charge < -0.3 is 10.0 Å². The number of hydrogen-bond donors (Lipinski definition) is 1. The van der Waals surface area contributed by atoms with E-state index in [0.717, 1.165) is 37.7 Å². The number of halogens is 1. The molecule has 1 fully saturated rings. The van der Waals surface area contributed by atoms with Gasteiger partial charge in [0.05, 0.1) is 5.56 Å². The number of likely N-dealkylation sites (tertiary alicyclic amines) is 1. The minimum atomic E-state index is -0.937. The quantitative estimate of drug-likeness (QED) is 0.908. The first-order valence-electron chi connectivity index (χ1n) is 7.34. The molecule has 0 unspecified atom stereocenters. The average Bonchev–Trinajstić information content (AvgIpc) is 2.42. The molecule has 1 heterocycles. The van der Waals surface area contributed by atoms with Gasteiger partial charge in [-0.25, -0.2) is 4.79 Å². The third-order valence-electron chi connectivity index (χ3n) is 4.02. The minimum absolute atomic E-state index is 0.244. The van der Waals surface area contributed by atoms with Crippen molar-refractivity contribution in [3.63, 3.8) is 0 Å². The van der Waals surface area contributed by atoms with E-state index in [1.54, 1.807) is 6.07 Å². The summed E-state index contributed by atoms with van der Waals surface area (Å²) >= 11 is 6.19. The number of carboxylic acids is 1. The lowest BCUT2D eigenvalue weighted by atomic mass is 9.96. The van der Waals surface area contributed by atoms with Gasteiger partial charge >= 0.3 is 5.97 Å². The van der Waals surface area contributed by atoms with E-state index in [1.807, 2.05) is 6.07 Å². The Bertz CT molecular complexity index is 497. The highest BCUT2D eigenvalue weighted by atomic mass is 35.5. The molecule has 4 nitrogen and oxygen atoms in total. The average molecular weight is 311 g/mol. The molecule has 1 aromatic rings. The molecule has 0 radical (unpaired) electrons. The zero-order chi connectivity index (χ0) is 15.4. The van der Waals surface area contributed by atoms with Gasteiger partial charge in [-0.1, -0.05) is 17.7 Å². The molecule has 0 bridgehead atoms. The Hall–Kier alpha value is -1.10. The van der Waals surface area contributed by atoms with Crippen molar-refractivity contribution in [2.75, 3.05) is 33.7 Å². The molecule has 1 aromatic carbocycles. The molecular weight excluding hydrogens is 288 g/mol. The highest BCUT2D eigenvalue weighted by Crippen LogP contribution is 2.23. The first kappa shape index (κ1) is 16.3. The van der Waals surface area contributed by atoms with Crippen LogP contribution in [0.25, 0.3) is 0 Å². The lowest BCUT2D eigenvalue weighted by Crippen LogP contribution is -2.36. The summed E-state index contributed by atoms with van der Waals surface area (Å²) in [4.78, 5) is 15.6. The van der Waals surface area contributed by atoms with Crippen molar-refractivity contribution in [3.8, 4) is 0 Å².